The zero-order valence-electron chi connectivity index (χ0n) is 15.0. The largest absolute Gasteiger partial charge is 0.464 e. The van der Waals surface area contributed by atoms with Crippen molar-refractivity contribution in [3.05, 3.63) is 53.4 Å². The predicted molar refractivity (Wildman–Crippen MR) is 96.6 cm³/mol. The average molecular weight is 410 g/mol. The molecular formula is C19H20ClNO7. The SMILES string of the molecule is CC(=O)N[C@@H]1[C@H](Oc2ccccc2Cl)O[C@@H]2CO[C@H](c3ccco3)O[C@@H]2[C@H]1O. The molecule has 0 unspecified atom stereocenters. The first-order valence-electron chi connectivity index (χ1n) is 8.85. The molecule has 28 heavy (non-hydrogen) atoms. The molecule has 6 atom stereocenters. The van der Waals surface area contributed by atoms with Gasteiger partial charge >= 0.3 is 0 Å². The van der Waals surface area contributed by atoms with E-state index >= 15 is 0 Å². The molecule has 0 bridgehead atoms. The molecule has 0 aliphatic carbocycles. The predicted octanol–water partition coefficient (Wildman–Crippen LogP) is 2.02. The molecular weight excluding hydrogens is 390 g/mol. The molecule has 8 nitrogen and oxygen atoms in total. The highest BCUT2D eigenvalue weighted by molar-refractivity contribution is 6.32. The Kier molecular flexibility index (Phi) is 5.56. The van der Waals surface area contributed by atoms with Crippen molar-refractivity contribution in [3.63, 3.8) is 0 Å². The maximum atomic E-state index is 11.7. The van der Waals surface area contributed by atoms with Crippen molar-refractivity contribution in [2.24, 2.45) is 0 Å². The highest BCUT2D eigenvalue weighted by Gasteiger charge is 2.51. The lowest BCUT2D eigenvalue weighted by molar-refractivity contribution is -0.336. The lowest BCUT2D eigenvalue weighted by Gasteiger charge is -2.47. The number of hydrogen-bond acceptors (Lipinski definition) is 7. The summed E-state index contributed by atoms with van der Waals surface area (Å²) in [5.41, 5.74) is 0. The number of nitrogens with one attached hydrogen (secondary N) is 1. The third-order valence-electron chi connectivity index (χ3n) is 4.59. The van der Waals surface area contributed by atoms with E-state index in [4.69, 9.17) is 35.0 Å². The number of aliphatic hydroxyl groups excluding tert-OH is 1. The van der Waals surface area contributed by atoms with Crippen LogP contribution in [0.4, 0.5) is 0 Å². The van der Waals surface area contributed by atoms with Crippen LogP contribution in [-0.2, 0) is 19.0 Å². The number of ether oxygens (including phenoxy) is 4. The number of amides is 1. The van der Waals surface area contributed by atoms with E-state index < -0.39 is 36.9 Å². The molecule has 150 valence electrons. The van der Waals surface area contributed by atoms with Crippen LogP contribution in [0, 0.1) is 0 Å². The molecule has 1 amide bonds. The maximum Gasteiger partial charge on any atom is 0.223 e. The lowest BCUT2D eigenvalue weighted by Crippen LogP contribution is -2.67. The second-order valence-electron chi connectivity index (χ2n) is 6.59. The van der Waals surface area contributed by atoms with E-state index in [1.165, 1.54) is 13.2 Å². The molecule has 2 fully saturated rings. The van der Waals surface area contributed by atoms with Crippen LogP contribution in [0.2, 0.25) is 5.02 Å². The summed E-state index contributed by atoms with van der Waals surface area (Å²) in [4.78, 5) is 11.7. The highest BCUT2D eigenvalue weighted by atomic mass is 35.5. The molecule has 2 aromatic rings. The summed E-state index contributed by atoms with van der Waals surface area (Å²) < 4.78 is 28.6. The highest BCUT2D eigenvalue weighted by Crippen LogP contribution is 2.35. The number of halogens is 1. The maximum absolute atomic E-state index is 11.7. The van der Waals surface area contributed by atoms with Gasteiger partial charge in [-0.2, -0.15) is 0 Å². The number of carbonyl (C=O) groups is 1. The lowest BCUT2D eigenvalue weighted by atomic mass is 9.96. The van der Waals surface area contributed by atoms with Crippen molar-refractivity contribution < 1.29 is 33.3 Å². The fourth-order valence-corrected chi connectivity index (χ4v) is 3.50. The van der Waals surface area contributed by atoms with Crippen molar-refractivity contribution in [2.75, 3.05) is 6.61 Å². The van der Waals surface area contributed by atoms with Gasteiger partial charge in [0, 0.05) is 6.92 Å². The van der Waals surface area contributed by atoms with Crippen molar-refractivity contribution in [1.29, 1.82) is 0 Å². The molecule has 0 radical (unpaired) electrons. The third kappa shape index (κ3) is 3.87. The van der Waals surface area contributed by atoms with Crippen LogP contribution < -0.4 is 10.1 Å². The van der Waals surface area contributed by atoms with Gasteiger partial charge in [0.2, 0.25) is 18.5 Å². The van der Waals surface area contributed by atoms with Crippen LogP contribution in [0.3, 0.4) is 0 Å². The molecule has 9 heteroatoms. The Morgan fingerprint density at radius 2 is 2.07 bits per heavy atom. The van der Waals surface area contributed by atoms with E-state index in [0.717, 1.165) is 0 Å². The first-order valence-corrected chi connectivity index (χ1v) is 9.23. The first kappa shape index (κ1) is 19.2. The Balaban J connectivity index is 1.55. The molecule has 2 aliphatic rings. The van der Waals surface area contributed by atoms with Gasteiger partial charge in [-0.05, 0) is 24.3 Å². The van der Waals surface area contributed by atoms with Gasteiger partial charge in [0.05, 0.1) is 17.9 Å². The number of carbonyl (C=O) groups excluding carboxylic acids is 1. The van der Waals surface area contributed by atoms with Crippen LogP contribution in [0.15, 0.2) is 47.1 Å². The molecule has 3 heterocycles. The van der Waals surface area contributed by atoms with Crippen LogP contribution in [0.5, 0.6) is 5.75 Å². The van der Waals surface area contributed by atoms with Gasteiger partial charge in [0.1, 0.15) is 30.1 Å². The molecule has 4 rings (SSSR count). The summed E-state index contributed by atoms with van der Waals surface area (Å²) in [7, 11) is 0. The van der Waals surface area contributed by atoms with Crippen LogP contribution in [0.25, 0.3) is 0 Å². The summed E-state index contributed by atoms with van der Waals surface area (Å²) in [6.07, 6.45) is -2.68. The van der Waals surface area contributed by atoms with Crippen molar-refractivity contribution >= 4 is 17.5 Å². The van der Waals surface area contributed by atoms with Gasteiger partial charge in [-0.1, -0.05) is 23.7 Å². The van der Waals surface area contributed by atoms with Gasteiger partial charge in [0.15, 0.2) is 5.76 Å². The molecule has 2 saturated heterocycles. The van der Waals surface area contributed by atoms with Crippen LogP contribution in [-0.4, -0.2) is 48.3 Å². The molecule has 0 spiro atoms. The minimum absolute atomic E-state index is 0.155. The second-order valence-corrected chi connectivity index (χ2v) is 7.00. The fraction of sp³-hybridized carbons (Fsp3) is 0.421. The fourth-order valence-electron chi connectivity index (χ4n) is 3.32. The number of fused-ring (bicyclic) bond motifs is 1. The monoisotopic (exact) mass is 409 g/mol. The first-order chi connectivity index (χ1) is 13.5. The van der Waals surface area contributed by atoms with Crippen molar-refractivity contribution in [2.45, 2.75) is 43.9 Å². The third-order valence-corrected chi connectivity index (χ3v) is 4.90. The van der Waals surface area contributed by atoms with Gasteiger partial charge in [0.25, 0.3) is 0 Å². The minimum Gasteiger partial charge on any atom is -0.464 e. The minimum atomic E-state index is -1.10. The van der Waals surface area contributed by atoms with E-state index in [2.05, 4.69) is 5.32 Å². The Bertz CT molecular complexity index is 814. The second kappa shape index (κ2) is 8.10. The zero-order valence-corrected chi connectivity index (χ0v) is 15.7. The van der Waals surface area contributed by atoms with Gasteiger partial charge in [-0.15, -0.1) is 0 Å². The summed E-state index contributed by atoms with van der Waals surface area (Å²) >= 11 is 6.16. The van der Waals surface area contributed by atoms with E-state index in [1.807, 2.05) is 0 Å². The van der Waals surface area contributed by atoms with Gasteiger partial charge in [-0.25, -0.2) is 0 Å². The van der Waals surface area contributed by atoms with E-state index in [1.54, 1.807) is 36.4 Å². The smallest absolute Gasteiger partial charge is 0.223 e. The molecule has 2 aliphatic heterocycles. The van der Waals surface area contributed by atoms with Gasteiger partial charge < -0.3 is 33.8 Å². The Morgan fingerprint density at radius 1 is 1.25 bits per heavy atom. The summed E-state index contributed by atoms with van der Waals surface area (Å²) in [6, 6.07) is 9.45. The van der Waals surface area contributed by atoms with E-state index in [0.29, 0.717) is 16.5 Å². The summed E-state index contributed by atoms with van der Waals surface area (Å²) in [6.45, 7) is 1.50. The molecule has 1 aromatic heterocycles. The number of aliphatic hydroxyl groups is 1. The quantitative estimate of drug-likeness (QED) is 0.796. The standard InChI is InChI=1S/C19H20ClNO7/c1-10(22)21-15-16(23)17-14(9-25-18(28-17)13-7-4-8-24-13)27-19(15)26-12-6-3-2-5-11(12)20/h2-8,14-19,23H,9H2,1H3,(H,21,22)/t14-,15+,16+,17+,18+,19-/m1/s1. The van der Waals surface area contributed by atoms with Crippen LogP contribution >= 0.6 is 11.6 Å². The van der Waals surface area contributed by atoms with Crippen LogP contribution in [0.1, 0.15) is 19.0 Å². The Morgan fingerprint density at radius 3 is 2.79 bits per heavy atom. The van der Waals surface area contributed by atoms with E-state index in [9.17, 15) is 9.90 Å². The zero-order chi connectivity index (χ0) is 19.7. The summed E-state index contributed by atoms with van der Waals surface area (Å²) in [5, 5.41) is 14.0. The van der Waals surface area contributed by atoms with Crippen molar-refractivity contribution in [1.82, 2.24) is 5.32 Å². The van der Waals surface area contributed by atoms with Crippen molar-refractivity contribution in [3.8, 4) is 5.75 Å². The number of benzene rings is 1. The number of furan rings is 1. The van der Waals surface area contributed by atoms with E-state index in [-0.39, 0.29) is 12.5 Å². The molecule has 0 saturated carbocycles. The average Bonchev–Trinajstić information content (AvgIpc) is 3.21. The molecule has 2 N–H and O–H groups in total. The number of rotatable bonds is 4. The normalized spacial score (nSPS) is 32.4. The Hall–Kier alpha value is -2.10. The number of para-hydroxylation sites is 1. The Labute approximate surface area is 166 Å². The van der Waals surface area contributed by atoms with Gasteiger partial charge in [-0.3, -0.25) is 4.79 Å². The topological polar surface area (TPSA) is 99.4 Å². The summed E-state index contributed by atoms with van der Waals surface area (Å²) in [5.74, 6) is 0.519. The number of hydrogen-bond donors (Lipinski definition) is 2. The molecule has 1 aromatic carbocycles.